The van der Waals surface area contributed by atoms with Gasteiger partial charge in [0.05, 0.1) is 20.3 Å². The van der Waals surface area contributed by atoms with Gasteiger partial charge in [0.2, 0.25) is 0 Å². The number of nitrogens with one attached hydrogen (secondary N) is 1. The lowest BCUT2D eigenvalue weighted by atomic mass is 10.1. The van der Waals surface area contributed by atoms with Gasteiger partial charge in [-0.3, -0.25) is 4.99 Å². The molecule has 1 aromatic rings. The van der Waals surface area contributed by atoms with E-state index in [2.05, 4.69) is 17.1 Å². The summed E-state index contributed by atoms with van der Waals surface area (Å²) in [6.07, 6.45) is 2.84. The van der Waals surface area contributed by atoms with Crippen LogP contribution in [0.1, 0.15) is 31.7 Å². The van der Waals surface area contributed by atoms with Crippen LogP contribution in [-0.4, -0.2) is 56.4 Å². The van der Waals surface area contributed by atoms with Crippen molar-refractivity contribution in [3.63, 3.8) is 0 Å². The average Bonchev–Trinajstić information content (AvgIpc) is 3.03. The van der Waals surface area contributed by atoms with Gasteiger partial charge >= 0.3 is 0 Å². The van der Waals surface area contributed by atoms with Crippen molar-refractivity contribution in [1.82, 2.24) is 10.2 Å². The van der Waals surface area contributed by atoms with E-state index in [0.717, 1.165) is 48.8 Å². The van der Waals surface area contributed by atoms with Gasteiger partial charge in [0, 0.05) is 44.2 Å². The van der Waals surface area contributed by atoms with E-state index in [1.165, 1.54) is 0 Å². The number of guanidine groups is 1. The van der Waals surface area contributed by atoms with Crippen molar-refractivity contribution in [3.05, 3.63) is 23.8 Å². The molecule has 0 saturated heterocycles. The average molecular weight is 349 g/mol. The van der Waals surface area contributed by atoms with E-state index in [-0.39, 0.29) is 12.0 Å². The van der Waals surface area contributed by atoms with Crippen LogP contribution in [0.2, 0.25) is 0 Å². The van der Waals surface area contributed by atoms with Crippen molar-refractivity contribution in [2.45, 2.75) is 38.8 Å². The maximum absolute atomic E-state index is 9.99. The summed E-state index contributed by atoms with van der Waals surface area (Å²) in [7, 11) is 5.32. The van der Waals surface area contributed by atoms with Crippen molar-refractivity contribution in [2.75, 3.05) is 34.4 Å². The minimum absolute atomic E-state index is 0.210. The van der Waals surface area contributed by atoms with E-state index in [1.54, 1.807) is 14.2 Å². The Morgan fingerprint density at radius 3 is 2.72 bits per heavy atom. The summed E-state index contributed by atoms with van der Waals surface area (Å²) in [5.74, 6) is 2.70. The largest absolute Gasteiger partial charge is 0.497 e. The molecule has 0 amide bonds. The summed E-state index contributed by atoms with van der Waals surface area (Å²) in [6.45, 7) is 4.19. The maximum atomic E-state index is 9.99. The highest BCUT2D eigenvalue weighted by Crippen LogP contribution is 2.27. The standard InChI is InChI=1S/C19H31N3O3/c1-5-20-19(21-12-14-7-6-8-17(14)23)22(2)13-15-9-10-16(24-3)11-18(15)25-4/h9-11,14,17,23H,5-8,12-13H2,1-4H3,(H,20,21). The molecule has 1 saturated carbocycles. The number of rotatable bonds is 7. The summed E-state index contributed by atoms with van der Waals surface area (Å²) < 4.78 is 10.7. The highest BCUT2D eigenvalue weighted by Gasteiger charge is 2.25. The first kappa shape index (κ1) is 19.4. The third kappa shape index (κ3) is 5.26. The van der Waals surface area contributed by atoms with Gasteiger partial charge < -0.3 is 24.8 Å². The molecule has 1 aromatic carbocycles. The SMILES string of the molecule is CCNC(=NCC1CCCC1O)N(C)Cc1ccc(OC)cc1OC. The number of benzene rings is 1. The summed E-state index contributed by atoms with van der Waals surface area (Å²) >= 11 is 0. The van der Waals surface area contributed by atoms with Crippen LogP contribution in [0.25, 0.3) is 0 Å². The number of nitrogens with zero attached hydrogens (tertiary/aromatic N) is 2. The zero-order valence-corrected chi connectivity index (χ0v) is 15.8. The number of hydrogen-bond donors (Lipinski definition) is 2. The highest BCUT2D eigenvalue weighted by atomic mass is 16.5. The van der Waals surface area contributed by atoms with Crippen molar-refractivity contribution in [1.29, 1.82) is 0 Å². The van der Waals surface area contributed by atoms with E-state index < -0.39 is 0 Å². The Morgan fingerprint density at radius 1 is 1.32 bits per heavy atom. The smallest absolute Gasteiger partial charge is 0.193 e. The molecule has 140 valence electrons. The third-order valence-corrected chi connectivity index (χ3v) is 4.69. The lowest BCUT2D eigenvalue weighted by Crippen LogP contribution is -2.39. The number of methoxy groups -OCH3 is 2. The molecule has 2 unspecified atom stereocenters. The molecule has 2 atom stereocenters. The first-order chi connectivity index (χ1) is 12.1. The van der Waals surface area contributed by atoms with Gasteiger partial charge in [-0.05, 0) is 31.9 Å². The molecule has 0 radical (unpaired) electrons. The number of aliphatic imine (C=N–C) groups is 1. The molecule has 2 N–H and O–H groups in total. The fraction of sp³-hybridized carbons (Fsp3) is 0.632. The molecule has 1 fully saturated rings. The van der Waals surface area contributed by atoms with Gasteiger partial charge in [-0.25, -0.2) is 0 Å². The summed E-state index contributed by atoms with van der Waals surface area (Å²) in [5.41, 5.74) is 1.07. The fourth-order valence-corrected chi connectivity index (χ4v) is 3.22. The minimum Gasteiger partial charge on any atom is -0.497 e. The lowest BCUT2D eigenvalue weighted by Gasteiger charge is -2.24. The highest BCUT2D eigenvalue weighted by molar-refractivity contribution is 5.79. The second-order valence-electron chi connectivity index (χ2n) is 6.49. The van der Waals surface area contributed by atoms with Crippen LogP contribution in [0.4, 0.5) is 0 Å². The number of aliphatic hydroxyl groups excluding tert-OH is 1. The fourth-order valence-electron chi connectivity index (χ4n) is 3.22. The van der Waals surface area contributed by atoms with E-state index in [0.29, 0.717) is 13.1 Å². The molecule has 1 aliphatic carbocycles. The normalized spacial score (nSPS) is 20.4. The first-order valence-corrected chi connectivity index (χ1v) is 8.97. The van der Waals surface area contributed by atoms with Crippen LogP contribution in [0.5, 0.6) is 11.5 Å². The molecule has 1 aliphatic rings. The summed E-state index contributed by atoms with van der Waals surface area (Å²) in [5, 5.41) is 13.3. The van der Waals surface area contributed by atoms with E-state index in [9.17, 15) is 5.11 Å². The quantitative estimate of drug-likeness (QED) is 0.584. The summed E-state index contributed by atoms with van der Waals surface area (Å²) in [4.78, 5) is 6.82. The summed E-state index contributed by atoms with van der Waals surface area (Å²) in [6, 6.07) is 5.84. The van der Waals surface area contributed by atoms with E-state index >= 15 is 0 Å². The Bertz CT molecular complexity index is 577. The molecular weight excluding hydrogens is 318 g/mol. The maximum Gasteiger partial charge on any atom is 0.193 e. The molecule has 6 nitrogen and oxygen atoms in total. The Morgan fingerprint density at radius 2 is 2.12 bits per heavy atom. The monoisotopic (exact) mass is 349 g/mol. The van der Waals surface area contributed by atoms with Crippen molar-refractivity contribution in [2.24, 2.45) is 10.9 Å². The van der Waals surface area contributed by atoms with Crippen molar-refractivity contribution in [3.8, 4) is 11.5 Å². The molecular formula is C19H31N3O3. The molecule has 0 bridgehead atoms. The van der Waals surface area contributed by atoms with Gasteiger partial charge in [-0.15, -0.1) is 0 Å². The molecule has 0 heterocycles. The van der Waals surface area contributed by atoms with Crippen molar-refractivity contribution >= 4 is 5.96 Å². The second kappa shape index (κ2) is 9.51. The van der Waals surface area contributed by atoms with Crippen LogP contribution >= 0.6 is 0 Å². The molecule has 2 rings (SSSR count). The zero-order valence-electron chi connectivity index (χ0n) is 15.8. The lowest BCUT2D eigenvalue weighted by molar-refractivity contribution is 0.136. The number of ether oxygens (including phenoxy) is 2. The van der Waals surface area contributed by atoms with Gasteiger partial charge in [0.15, 0.2) is 5.96 Å². The Kier molecular flexibility index (Phi) is 7.37. The molecule has 0 aromatic heterocycles. The van der Waals surface area contributed by atoms with E-state index in [1.807, 2.05) is 25.2 Å². The number of aliphatic hydroxyl groups is 1. The predicted octanol–water partition coefficient (Wildman–Crippen LogP) is 2.26. The van der Waals surface area contributed by atoms with Gasteiger partial charge in [-0.1, -0.05) is 6.42 Å². The Balaban J connectivity index is 2.07. The van der Waals surface area contributed by atoms with Crippen LogP contribution < -0.4 is 14.8 Å². The van der Waals surface area contributed by atoms with Crippen LogP contribution in [0.3, 0.4) is 0 Å². The second-order valence-corrected chi connectivity index (χ2v) is 6.49. The zero-order chi connectivity index (χ0) is 18.2. The van der Waals surface area contributed by atoms with Gasteiger partial charge in [0.25, 0.3) is 0 Å². The minimum atomic E-state index is -0.210. The van der Waals surface area contributed by atoms with Crippen molar-refractivity contribution < 1.29 is 14.6 Å². The third-order valence-electron chi connectivity index (χ3n) is 4.69. The van der Waals surface area contributed by atoms with Crippen LogP contribution in [0.15, 0.2) is 23.2 Å². The predicted molar refractivity (Wildman–Crippen MR) is 100 cm³/mol. The van der Waals surface area contributed by atoms with Crippen LogP contribution in [0, 0.1) is 5.92 Å². The molecule has 25 heavy (non-hydrogen) atoms. The Hall–Kier alpha value is -1.95. The topological polar surface area (TPSA) is 66.3 Å². The number of hydrogen-bond acceptors (Lipinski definition) is 4. The molecule has 6 heteroatoms. The molecule has 0 aliphatic heterocycles. The Labute approximate surface area is 150 Å². The van der Waals surface area contributed by atoms with E-state index in [4.69, 9.17) is 14.5 Å². The van der Waals surface area contributed by atoms with Crippen LogP contribution in [-0.2, 0) is 6.54 Å². The van der Waals surface area contributed by atoms with Gasteiger partial charge in [0.1, 0.15) is 11.5 Å². The van der Waals surface area contributed by atoms with Gasteiger partial charge in [-0.2, -0.15) is 0 Å². The first-order valence-electron chi connectivity index (χ1n) is 8.97. The molecule has 0 spiro atoms.